The summed E-state index contributed by atoms with van der Waals surface area (Å²) in [7, 11) is 0. The zero-order valence-electron chi connectivity index (χ0n) is 12.6. The first-order valence-electron chi connectivity index (χ1n) is 6.79. The van der Waals surface area contributed by atoms with Crippen molar-refractivity contribution in [3.8, 4) is 5.75 Å². The van der Waals surface area contributed by atoms with Crippen LogP contribution >= 0.6 is 0 Å². The van der Waals surface area contributed by atoms with Crippen LogP contribution in [0.4, 0.5) is 4.79 Å². The standard InChI is InChI=1S/C15H23NO5/c1-15(2,3)21-14(20)16-5-4-10-6-11(8-17)13(19)12(7-10)9-18/h6-7,17-19H,4-5,8-9H2,1-3H3,(H,16,20). The van der Waals surface area contributed by atoms with Gasteiger partial charge >= 0.3 is 6.09 Å². The van der Waals surface area contributed by atoms with Gasteiger partial charge in [0.05, 0.1) is 13.2 Å². The van der Waals surface area contributed by atoms with E-state index >= 15 is 0 Å². The predicted octanol–water partition coefficient (Wildman–Crippen LogP) is 1.44. The summed E-state index contributed by atoms with van der Waals surface area (Å²) in [5.41, 5.74) is 0.969. The molecule has 0 saturated heterocycles. The Balaban J connectivity index is 2.62. The van der Waals surface area contributed by atoms with Crippen molar-refractivity contribution in [1.82, 2.24) is 5.32 Å². The maximum atomic E-state index is 11.5. The van der Waals surface area contributed by atoms with Crippen LogP contribution in [0.1, 0.15) is 37.5 Å². The van der Waals surface area contributed by atoms with E-state index in [1.807, 2.05) is 0 Å². The first kappa shape index (κ1) is 17.3. The number of hydrogen-bond donors (Lipinski definition) is 4. The molecule has 0 spiro atoms. The molecule has 0 aromatic heterocycles. The Labute approximate surface area is 124 Å². The molecule has 1 aromatic rings. The number of aliphatic hydroxyl groups is 2. The SMILES string of the molecule is CC(C)(C)OC(=O)NCCc1cc(CO)c(O)c(CO)c1. The van der Waals surface area contributed by atoms with Crippen molar-refractivity contribution in [2.75, 3.05) is 6.54 Å². The van der Waals surface area contributed by atoms with E-state index in [1.54, 1.807) is 32.9 Å². The van der Waals surface area contributed by atoms with Crippen LogP contribution in [0, 0.1) is 0 Å². The molecule has 0 aliphatic carbocycles. The first-order chi connectivity index (χ1) is 9.76. The Kier molecular flexibility index (Phi) is 5.99. The van der Waals surface area contributed by atoms with Crippen molar-refractivity contribution >= 4 is 6.09 Å². The van der Waals surface area contributed by atoms with Gasteiger partial charge in [-0.1, -0.05) is 0 Å². The summed E-state index contributed by atoms with van der Waals surface area (Å²) in [5.74, 6) is -0.0937. The van der Waals surface area contributed by atoms with Crippen molar-refractivity contribution < 1.29 is 24.9 Å². The molecule has 0 bridgehead atoms. The van der Waals surface area contributed by atoms with Crippen molar-refractivity contribution in [3.63, 3.8) is 0 Å². The molecule has 118 valence electrons. The Bertz CT molecular complexity index is 468. The summed E-state index contributed by atoms with van der Waals surface area (Å²) >= 11 is 0. The van der Waals surface area contributed by atoms with Gasteiger partial charge in [-0.15, -0.1) is 0 Å². The quantitative estimate of drug-likeness (QED) is 0.659. The number of rotatable bonds is 5. The van der Waals surface area contributed by atoms with Gasteiger partial charge in [-0.3, -0.25) is 0 Å². The van der Waals surface area contributed by atoms with Crippen molar-refractivity contribution in [2.45, 2.75) is 46.0 Å². The highest BCUT2D eigenvalue weighted by Crippen LogP contribution is 2.25. The molecule has 4 N–H and O–H groups in total. The molecule has 6 nitrogen and oxygen atoms in total. The van der Waals surface area contributed by atoms with Crippen molar-refractivity contribution in [2.24, 2.45) is 0 Å². The lowest BCUT2D eigenvalue weighted by atomic mass is 10.0. The molecule has 1 rings (SSSR count). The van der Waals surface area contributed by atoms with Gasteiger partial charge in [0.1, 0.15) is 11.4 Å². The monoisotopic (exact) mass is 297 g/mol. The van der Waals surface area contributed by atoms with Gasteiger partial charge in [0.25, 0.3) is 0 Å². The number of aliphatic hydroxyl groups excluding tert-OH is 2. The van der Waals surface area contributed by atoms with E-state index in [-0.39, 0.29) is 19.0 Å². The maximum absolute atomic E-state index is 11.5. The Morgan fingerprint density at radius 2 is 1.71 bits per heavy atom. The van der Waals surface area contributed by atoms with Crippen LogP contribution in [0.25, 0.3) is 0 Å². The fourth-order valence-electron chi connectivity index (χ4n) is 1.84. The van der Waals surface area contributed by atoms with Crippen LogP contribution < -0.4 is 5.32 Å². The van der Waals surface area contributed by atoms with Crippen LogP contribution in [0.5, 0.6) is 5.75 Å². The predicted molar refractivity (Wildman–Crippen MR) is 77.9 cm³/mol. The second kappa shape index (κ2) is 7.28. The van der Waals surface area contributed by atoms with Crippen LogP contribution in [-0.4, -0.2) is 33.6 Å². The number of carbonyl (C=O) groups is 1. The number of alkyl carbamates (subject to hydrolysis) is 1. The molecule has 0 heterocycles. The molecule has 0 atom stereocenters. The summed E-state index contributed by atoms with van der Waals surface area (Å²) in [5, 5.41) is 30.7. The van der Waals surface area contributed by atoms with Gasteiger partial charge in [-0.25, -0.2) is 4.79 Å². The lowest BCUT2D eigenvalue weighted by Gasteiger charge is -2.19. The summed E-state index contributed by atoms with van der Waals surface area (Å²) in [6.45, 7) is 5.09. The van der Waals surface area contributed by atoms with Crippen molar-refractivity contribution in [1.29, 1.82) is 0 Å². The summed E-state index contributed by atoms with van der Waals surface area (Å²) < 4.78 is 5.11. The van der Waals surface area contributed by atoms with Gasteiger partial charge in [-0.2, -0.15) is 0 Å². The normalized spacial score (nSPS) is 11.3. The second-order valence-electron chi connectivity index (χ2n) is 5.76. The zero-order chi connectivity index (χ0) is 16.0. The number of aromatic hydroxyl groups is 1. The molecule has 0 radical (unpaired) electrons. The fourth-order valence-corrected chi connectivity index (χ4v) is 1.84. The number of nitrogens with one attached hydrogen (secondary N) is 1. The molecule has 0 aliphatic rings. The maximum Gasteiger partial charge on any atom is 0.407 e. The molecule has 0 aliphatic heterocycles. The molecule has 0 fully saturated rings. The van der Waals surface area contributed by atoms with Crippen LogP contribution in [0.3, 0.4) is 0 Å². The highest BCUT2D eigenvalue weighted by Gasteiger charge is 2.15. The third kappa shape index (κ3) is 5.61. The van der Waals surface area contributed by atoms with Crippen LogP contribution in [0.2, 0.25) is 0 Å². The summed E-state index contributed by atoms with van der Waals surface area (Å²) in [4.78, 5) is 11.5. The average Bonchev–Trinajstić information content (AvgIpc) is 2.38. The van der Waals surface area contributed by atoms with Crippen LogP contribution in [0.15, 0.2) is 12.1 Å². The molecule has 0 saturated carbocycles. The Morgan fingerprint density at radius 1 is 1.19 bits per heavy atom. The molecule has 1 aromatic carbocycles. The van der Waals surface area contributed by atoms with Crippen LogP contribution in [-0.2, 0) is 24.4 Å². The lowest BCUT2D eigenvalue weighted by molar-refractivity contribution is 0.0528. The third-order valence-corrected chi connectivity index (χ3v) is 2.75. The minimum Gasteiger partial charge on any atom is -0.507 e. The fraction of sp³-hybridized carbons (Fsp3) is 0.533. The van der Waals surface area contributed by atoms with E-state index in [0.717, 1.165) is 5.56 Å². The Morgan fingerprint density at radius 3 is 2.14 bits per heavy atom. The summed E-state index contributed by atoms with van der Waals surface area (Å²) in [6, 6.07) is 3.29. The molecule has 21 heavy (non-hydrogen) atoms. The first-order valence-corrected chi connectivity index (χ1v) is 6.79. The van der Waals surface area contributed by atoms with Gasteiger partial charge in [0, 0.05) is 17.7 Å². The van der Waals surface area contributed by atoms with E-state index < -0.39 is 11.7 Å². The average molecular weight is 297 g/mol. The smallest absolute Gasteiger partial charge is 0.407 e. The van der Waals surface area contributed by atoms with Gasteiger partial charge in [0.2, 0.25) is 0 Å². The molecule has 1 amide bonds. The van der Waals surface area contributed by atoms with Gasteiger partial charge in [-0.05, 0) is 44.9 Å². The number of amides is 1. The third-order valence-electron chi connectivity index (χ3n) is 2.75. The van der Waals surface area contributed by atoms with Gasteiger partial charge in [0.15, 0.2) is 0 Å². The second-order valence-corrected chi connectivity index (χ2v) is 5.76. The number of benzene rings is 1. The largest absolute Gasteiger partial charge is 0.507 e. The van der Waals surface area contributed by atoms with E-state index in [9.17, 15) is 20.1 Å². The highest BCUT2D eigenvalue weighted by molar-refractivity contribution is 5.67. The zero-order valence-corrected chi connectivity index (χ0v) is 12.6. The Hall–Kier alpha value is -1.79. The van der Waals surface area contributed by atoms with Crippen molar-refractivity contribution in [3.05, 3.63) is 28.8 Å². The minimum atomic E-state index is -0.545. The number of phenols is 1. The molecular weight excluding hydrogens is 274 g/mol. The van der Waals surface area contributed by atoms with Gasteiger partial charge < -0.3 is 25.4 Å². The van der Waals surface area contributed by atoms with E-state index in [1.165, 1.54) is 0 Å². The number of ether oxygens (including phenoxy) is 1. The van der Waals surface area contributed by atoms with E-state index in [0.29, 0.717) is 24.1 Å². The van der Waals surface area contributed by atoms with E-state index in [4.69, 9.17) is 4.74 Å². The number of carbonyl (C=O) groups excluding carboxylic acids is 1. The molecule has 0 unspecified atom stereocenters. The molecular formula is C15H23NO5. The topological polar surface area (TPSA) is 99.0 Å². The summed E-state index contributed by atoms with van der Waals surface area (Å²) in [6.07, 6.45) is 0.00512. The minimum absolute atomic E-state index is 0.0937. The molecule has 6 heteroatoms. The highest BCUT2D eigenvalue weighted by atomic mass is 16.6. The lowest BCUT2D eigenvalue weighted by Crippen LogP contribution is -2.33. The number of hydrogen-bond acceptors (Lipinski definition) is 5. The van der Waals surface area contributed by atoms with E-state index in [2.05, 4.69) is 5.32 Å².